The Morgan fingerprint density at radius 1 is 1.33 bits per heavy atom. The highest BCUT2D eigenvalue weighted by Gasteiger charge is 2.50. The van der Waals surface area contributed by atoms with Gasteiger partial charge < -0.3 is 9.47 Å². The molecule has 0 aromatic carbocycles. The Balaban J connectivity index is 2.35. The fourth-order valence-electron chi connectivity index (χ4n) is 1.23. The molecule has 2 nitrogen and oxygen atoms in total. The maximum absolute atomic E-state index is 12.5. The highest BCUT2D eigenvalue weighted by Crippen LogP contribution is 2.29. The van der Waals surface area contributed by atoms with Gasteiger partial charge >= 0.3 is 5.80 Å². The molecular weight excluding hydrogens is 225 g/mol. The first kappa shape index (κ1) is 13.0. The van der Waals surface area contributed by atoms with Crippen LogP contribution in [-0.2, 0) is 9.47 Å². The van der Waals surface area contributed by atoms with Gasteiger partial charge in [0.1, 0.15) is 0 Å². The Labute approximate surface area is 88.8 Å². The SMILES string of the molecule is C[Si](C)(COC1CCCCO1)C(F)(F)F. The van der Waals surface area contributed by atoms with E-state index in [1.807, 2.05) is 0 Å². The van der Waals surface area contributed by atoms with Crippen molar-refractivity contribution in [1.29, 1.82) is 0 Å². The van der Waals surface area contributed by atoms with Crippen LogP contribution in [0.3, 0.4) is 0 Å². The van der Waals surface area contributed by atoms with Crippen molar-refractivity contribution in [2.75, 3.05) is 12.8 Å². The first-order chi connectivity index (χ1) is 6.83. The lowest BCUT2D eigenvalue weighted by Gasteiger charge is -2.29. The number of halogens is 3. The highest BCUT2D eigenvalue weighted by molar-refractivity contribution is 6.79. The lowest BCUT2D eigenvalue weighted by atomic mass is 10.2. The minimum absolute atomic E-state index is 0.207. The summed E-state index contributed by atoms with van der Waals surface area (Å²) in [5, 5.41) is 0. The Kier molecular flexibility index (Phi) is 4.19. The molecule has 15 heavy (non-hydrogen) atoms. The van der Waals surface area contributed by atoms with E-state index in [0.29, 0.717) is 13.0 Å². The second-order valence-electron chi connectivity index (χ2n) is 4.49. The van der Waals surface area contributed by atoms with E-state index in [1.54, 1.807) is 0 Å². The number of rotatable bonds is 3. The van der Waals surface area contributed by atoms with Gasteiger partial charge in [-0.25, -0.2) is 0 Å². The van der Waals surface area contributed by atoms with Crippen molar-refractivity contribution in [3.05, 3.63) is 0 Å². The summed E-state index contributed by atoms with van der Waals surface area (Å²) in [7, 11) is -3.29. The third-order valence-corrected chi connectivity index (χ3v) is 4.96. The molecule has 0 spiro atoms. The molecule has 1 aliphatic rings. The number of alkyl halides is 3. The van der Waals surface area contributed by atoms with Crippen LogP contribution >= 0.6 is 0 Å². The van der Waals surface area contributed by atoms with Gasteiger partial charge in [0.2, 0.25) is 8.07 Å². The van der Waals surface area contributed by atoms with Crippen LogP contribution in [0.25, 0.3) is 0 Å². The van der Waals surface area contributed by atoms with Crippen molar-refractivity contribution in [2.24, 2.45) is 0 Å². The molecule has 0 radical (unpaired) electrons. The molecule has 0 bridgehead atoms. The normalized spacial score (nSPS) is 24.2. The predicted molar refractivity (Wildman–Crippen MR) is 53.1 cm³/mol. The van der Waals surface area contributed by atoms with Crippen molar-refractivity contribution in [1.82, 2.24) is 0 Å². The lowest BCUT2D eigenvalue weighted by molar-refractivity contribution is -0.156. The van der Waals surface area contributed by atoms with E-state index in [4.69, 9.17) is 9.47 Å². The van der Waals surface area contributed by atoms with Gasteiger partial charge in [-0.3, -0.25) is 0 Å². The first-order valence-corrected chi connectivity index (χ1v) is 8.33. The van der Waals surface area contributed by atoms with E-state index in [9.17, 15) is 13.2 Å². The summed E-state index contributed by atoms with van der Waals surface area (Å²) in [6.45, 7) is 3.14. The Morgan fingerprint density at radius 2 is 2.00 bits per heavy atom. The van der Waals surface area contributed by atoms with Crippen molar-refractivity contribution in [3.63, 3.8) is 0 Å². The van der Waals surface area contributed by atoms with Crippen LogP contribution in [0.15, 0.2) is 0 Å². The fraction of sp³-hybridized carbons (Fsp3) is 1.00. The number of hydrogen-bond acceptors (Lipinski definition) is 2. The molecule has 1 unspecified atom stereocenters. The molecule has 0 aliphatic carbocycles. The second kappa shape index (κ2) is 4.84. The van der Waals surface area contributed by atoms with Gasteiger partial charge in [-0.15, -0.1) is 0 Å². The van der Waals surface area contributed by atoms with E-state index in [-0.39, 0.29) is 6.23 Å². The van der Waals surface area contributed by atoms with E-state index < -0.39 is 20.2 Å². The van der Waals surface area contributed by atoms with Crippen LogP contribution in [0, 0.1) is 0 Å². The van der Waals surface area contributed by atoms with E-state index in [2.05, 4.69) is 0 Å². The van der Waals surface area contributed by atoms with Gasteiger partial charge in [0.15, 0.2) is 6.29 Å². The summed E-state index contributed by atoms with van der Waals surface area (Å²) in [5.74, 6) is -4.10. The summed E-state index contributed by atoms with van der Waals surface area (Å²) in [5.41, 5.74) is 0. The molecule has 0 aromatic rings. The predicted octanol–water partition coefficient (Wildman–Crippen LogP) is 2.88. The molecule has 1 heterocycles. The Morgan fingerprint density at radius 3 is 2.47 bits per heavy atom. The third-order valence-electron chi connectivity index (χ3n) is 2.54. The van der Waals surface area contributed by atoms with Gasteiger partial charge in [-0.2, -0.15) is 13.2 Å². The Bertz CT molecular complexity index is 200. The number of hydrogen-bond donors (Lipinski definition) is 0. The molecule has 90 valence electrons. The van der Waals surface area contributed by atoms with Crippen LogP contribution in [-0.4, -0.2) is 33.0 Å². The smallest absolute Gasteiger partial charge is 0.356 e. The molecule has 6 heteroatoms. The molecule has 1 aliphatic heterocycles. The van der Waals surface area contributed by atoms with Crippen LogP contribution in [0.5, 0.6) is 0 Å². The average Bonchev–Trinajstić information content (AvgIpc) is 2.15. The first-order valence-electron chi connectivity index (χ1n) is 5.13. The Hall–Kier alpha value is -0.0731. The van der Waals surface area contributed by atoms with E-state index in [1.165, 1.54) is 13.1 Å². The third kappa shape index (κ3) is 3.77. The van der Waals surface area contributed by atoms with Crippen LogP contribution in [0.4, 0.5) is 13.2 Å². The van der Waals surface area contributed by atoms with E-state index >= 15 is 0 Å². The molecule has 1 saturated heterocycles. The van der Waals surface area contributed by atoms with Gasteiger partial charge in [-0.05, 0) is 19.3 Å². The van der Waals surface area contributed by atoms with Gasteiger partial charge in [0, 0.05) is 6.61 Å². The molecular formula is C9H17F3O2Si. The summed E-state index contributed by atoms with van der Waals surface area (Å²) >= 11 is 0. The molecule has 0 aromatic heterocycles. The molecule has 1 rings (SSSR count). The van der Waals surface area contributed by atoms with E-state index in [0.717, 1.165) is 12.8 Å². The average molecular weight is 242 g/mol. The number of ether oxygens (including phenoxy) is 2. The van der Waals surface area contributed by atoms with Crippen LogP contribution in [0.1, 0.15) is 19.3 Å². The summed E-state index contributed by atoms with van der Waals surface area (Å²) in [6.07, 6.45) is 2.02. The van der Waals surface area contributed by atoms with Crippen molar-refractivity contribution < 1.29 is 22.6 Å². The van der Waals surface area contributed by atoms with Gasteiger partial charge in [0.05, 0.1) is 6.23 Å². The zero-order chi connectivity index (χ0) is 11.5. The molecule has 1 atom stereocenters. The second-order valence-corrected chi connectivity index (χ2v) is 9.11. The molecule has 0 saturated carbocycles. The fourth-order valence-corrected chi connectivity index (χ4v) is 1.99. The largest absolute Gasteiger partial charge is 0.363 e. The quantitative estimate of drug-likeness (QED) is 0.708. The maximum Gasteiger partial charge on any atom is 0.363 e. The van der Waals surface area contributed by atoms with Crippen molar-refractivity contribution >= 4 is 8.07 Å². The van der Waals surface area contributed by atoms with Gasteiger partial charge in [-0.1, -0.05) is 13.1 Å². The van der Waals surface area contributed by atoms with Crippen LogP contribution < -0.4 is 0 Å². The monoisotopic (exact) mass is 242 g/mol. The zero-order valence-corrected chi connectivity index (χ0v) is 10.1. The minimum atomic E-state index is -4.10. The molecule has 1 fully saturated rings. The summed E-state index contributed by atoms with van der Waals surface area (Å²) < 4.78 is 48.0. The standard InChI is InChI=1S/C9H17F3O2Si/c1-15(2,9(10,11)12)7-14-8-5-3-4-6-13-8/h8H,3-7H2,1-2H3. The van der Waals surface area contributed by atoms with Crippen molar-refractivity contribution in [3.8, 4) is 0 Å². The maximum atomic E-state index is 12.5. The summed E-state index contributed by atoms with van der Waals surface area (Å²) in [4.78, 5) is 0. The minimum Gasteiger partial charge on any atom is -0.356 e. The zero-order valence-electron chi connectivity index (χ0n) is 9.06. The van der Waals surface area contributed by atoms with Gasteiger partial charge in [0.25, 0.3) is 0 Å². The molecule has 0 N–H and O–H groups in total. The van der Waals surface area contributed by atoms with Crippen molar-refractivity contribution in [2.45, 2.75) is 44.4 Å². The highest BCUT2D eigenvalue weighted by atomic mass is 28.3. The topological polar surface area (TPSA) is 18.5 Å². The molecule has 0 amide bonds. The lowest BCUT2D eigenvalue weighted by Crippen LogP contribution is -2.50. The van der Waals surface area contributed by atoms with Crippen LogP contribution in [0.2, 0.25) is 13.1 Å². The summed E-state index contributed by atoms with van der Waals surface area (Å²) in [6, 6.07) is 0.